The van der Waals surface area contributed by atoms with Gasteiger partial charge in [-0.15, -0.1) is 0 Å². The fourth-order valence-corrected chi connectivity index (χ4v) is 5.41. The van der Waals surface area contributed by atoms with Gasteiger partial charge < -0.3 is 19.9 Å². The molecule has 0 aromatic carbocycles. The van der Waals surface area contributed by atoms with Crippen LogP contribution >= 0.6 is 0 Å². The summed E-state index contributed by atoms with van der Waals surface area (Å²) in [5.74, 6) is 0.465. The molecule has 1 spiro atoms. The molecule has 2 aliphatic heterocycles. The van der Waals surface area contributed by atoms with Crippen LogP contribution in [0.1, 0.15) is 51.0 Å². The Morgan fingerprint density at radius 3 is 2.55 bits per heavy atom. The second kappa shape index (κ2) is 9.98. The summed E-state index contributed by atoms with van der Waals surface area (Å²) in [6.45, 7) is 6.77. The third-order valence-corrected chi connectivity index (χ3v) is 7.50. The third-order valence-electron chi connectivity index (χ3n) is 7.50. The molecule has 1 N–H and O–H groups in total. The van der Waals surface area contributed by atoms with E-state index in [0.29, 0.717) is 12.6 Å². The lowest BCUT2D eigenvalue weighted by Gasteiger charge is -2.42. The average molecular weight is 429 g/mol. The number of hydrogen-bond acceptors (Lipinski definition) is 5. The van der Waals surface area contributed by atoms with Crippen molar-refractivity contribution in [2.24, 2.45) is 11.3 Å². The van der Waals surface area contributed by atoms with E-state index in [0.717, 1.165) is 77.7 Å². The van der Waals surface area contributed by atoms with Crippen LogP contribution < -0.4 is 5.32 Å². The van der Waals surface area contributed by atoms with Crippen LogP contribution in [-0.2, 0) is 16.0 Å². The van der Waals surface area contributed by atoms with E-state index in [2.05, 4.69) is 15.2 Å². The van der Waals surface area contributed by atoms with Crippen molar-refractivity contribution in [1.29, 1.82) is 0 Å². The molecular formula is C24H36N4O3. The first-order valence-electron chi connectivity index (χ1n) is 11.9. The van der Waals surface area contributed by atoms with Crippen molar-refractivity contribution >= 4 is 12.0 Å². The van der Waals surface area contributed by atoms with E-state index >= 15 is 0 Å². The zero-order valence-corrected chi connectivity index (χ0v) is 18.7. The Morgan fingerprint density at radius 2 is 1.87 bits per heavy atom. The maximum absolute atomic E-state index is 12.6. The lowest BCUT2D eigenvalue weighted by atomic mass is 9.88. The summed E-state index contributed by atoms with van der Waals surface area (Å²) >= 11 is 0. The molecule has 4 rings (SSSR count). The number of nitrogens with zero attached hydrogens (tertiary/aromatic N) is 3. The van der Waals surface area contributed by atoms with Crippen molar-refractivity contribution in [1.82, 2.24) is 20.1 Å². The van der Waals surface area contributed by atoms with Gasteiger partial charge in [-0.1, -0.05) is 0 Å². The van der Waals surface area contributed by atoms with Gasteiger partial charge >= 0.3 is 6.09 Å². The van der Waals surface area contributed by atoms with Gasteiger partial charge in [0, 0.05) is 44.0 Å². The number of pyridine rings is 1. The van der Waals surface area contributed by atoms with E-state index < -0.39 is 0 Å². The molecule has 7 heteroatoms. The van der Waals surface area contributed by atoms with E-state index in [-0.39, 0.29) is 23.3 Å². The van der Waals surface area contributed by atoms with Crippen molar-refractivity contribution in [3.63, 3.8) is 0 Å². The number of piperidine rings is 2. The van der Waals surface area contributed by atoms with E-state index in [9.17, 15) is 9.59 Å². The van der Waals surface area contributed by atoms with Crippen molar-refractivity contribution in [2.45, 2.75) is 57.9 Å². The summed E-state index contributed by atoms with van der Waals surface area (Å²) in [7, 11) is 0. The number of aryl methyl sites for hydroxylation is 1. The highest BCUT2D eigenvalue weighted by Gasteiger charge is 2.58. The molecule has 31 heavy (non-hydrogen) atoms. The van der Waals surface area contributed by atoms with Gasteiger partial charge in [0.2, 0.25) is 5.91 Å². The summed E-state index contributed by atoms with van der Waals surface area (Å²) in [6, 6.07) is 4.63. The second-order valence-electron chi connectivity index (χ2n) is 9.32. The normalized spacial score (nSPS) is 23.5. The molecule has 170 valence electrons. The number of carbonyl (C=O) groups is 2. The molecule has 1 aromatic heterocycles. The molecule has 3 fully saturated rings. The minimum absolute atomic E-state index is 0.175. The van der Waals surface area contributed by atoms with E-state index in [1.165, 1.54) is 5.56 Å². The summed E-state index contributed by atoms with van der Waals surface area (Å²) in [4.78, 5) is 33.0. The van der Waals surface area contributed by atoms with Crippen molar-refractivity contribution in [2.75, 3.05) is 39.3 Å². The van der Waals surface area contributed by atoms with Gasteiger partial charge in [0.1, 0.15) is 0 Å². The highest BCUT2D eigenvalue weighted by atomic mass is 16.6. The number of amides is 2. The predicted molar refractivity (Wildman–Crippen MR) is 119 cm³/mol. The molecular weight excluding hydrogens is 392 g/mol. The molecule has 2 saturated heterocycles. The Balaban J connectivity index is 1.14. The molecule has 1 aromatic rings. The summed E-state index contributed by atoms with van der Waals surface area (Å²) in [5.41, 5.74) is 1.52. The quantitative estimate of drug-likeness (QED) is 0.676. The fourth-order valence-electron chi connectivity index (χ4n) is 5.41. The number of aromatic nitrogens is 1. The molecule has 0 radical (unpaired) electrons. The molecule has 3 aliphatic rings. The zero-order chi connectivity index (χ0) is 21.7. The predicted octanol–water partition coefficient (Wildman–Crippen LogP) is 2.85. The molecule has 0 bridgehead atoms. The summed E-state index contributed by atoms with van der Waals surface area (Å²) in [6.07, 6.45) is 10.7. The lowest BCUT2D eigenvalue weighted by molar-refractivity contribution is -0.123. The summed E-state index contributed by atoms with van der Waals surface area (Å²) < 4.78 is 5.12. The van der Waals surface area contributed by atoms with Crippen LogP contribution in [0.5, 0.6) is 0 Å². The number of ether oxygens (including phenoxy) is 1. The number of hydrogen-bond donors (Lipinski definition) is 1. The highest BCUT2D eigenvalue weighted by molar-refractivity contribution is 5.82. The van der Waals surface area contributed by atoms with Gasteiger partial charge in [-0.05, 0) is 88.1 Å². The summed E-state index contributed by atoms with van der Waals surface area (Å²) in [5, 5.41) is 3.17. The fraction of sp³-hybridized carbons (Fsp3) is 0.708. The van der Waals surface area contributed by atoms with Crippen LogP contribution in [0.2, 0.25) is 0 Å². The van der Waals surface area contributed by atoms with Crippen LogP contribution in [0.15, 0.2) is 24.5 Å². The van der Waals surface area contributed by atoms with Crippen molar-refractivity contribution in [3.05, 3.63) is 30.1 Å². The average Bonchev–Trinajstić information content (AvgIpc) is 3.51. The smallest absolute Gasteiger partial charge is 0.409 e. The molecule has 1 aliphatic carbocycles. The Kier molecular flexibility index (Phi) is 7.10. The highest BCUT2D eigenvalue weighted by Crippen LogP contribution is 2.59. The van der Waals surface area contributed by atoms with Crippen LogP contribution in [0.3, 0.4) is 0 Å². The minimum Gasteiger partial charge on any atom is -0.450 e. The maximum atomic E-state index is 12.6. The molecule has 7 nitrogen and oxygen atoms in total. The van der Waals surface area contributed by atoms with E-state index in [1.807, 2.05) is 36.4 Å². The lowest BCUT2D eigenvalue weighted by Crippen LogP contribution is -2.49. The Bertz CT molecular complexity index is 740. The topological polar surface area (TPSA) is 74.8 Å². The van der Waals surface area contributed by atoms with Crippen LogP contribution in [0.25, 0.3) is 0 Å². The van der Waals surface area contributed by atoms with Crippen LogP contribution in [-0.4, -0.2) is 72.2 Å². The molecule has 0 unspecified atom stereocenters. The maximum Gasteiger partial charge on any atom is 0.409 e. The molecule has 2 amide bonds. The van der Waals surface area contributed by atoms with Gasteiger partial charge in [-0.3, -0.25) is 9.78 Å². The van der Waals surface area contributed by atoms with Crippen molar-refractivity contribution < 1.29 is 14.3 Å². The van der Waals surface area contributed by atoms with Gasteiger partial charge in [0.05, 0.1) is 6.61 Å². The Hall–Kier alpha value is -2.15. The standard InChI is InChI=1S/C24H36N4O3/c1-2-31-23(30)28-14-7-20(8-15-28)27-16-9-24(10-17-27)18-21(24)22(29)26-11-3-4-19-5-12-25-13-6-19/h5-6,12-13,20-21H,2-4,7-11,14-18H2,1H3,(H,26,29)/t21-/m0/s1. The number of likely N-dealkylation sites (tertiary alicyclic amines) is 2. The molecule has 3 heterocycles. The monoisotopic (exact) mass is 428 g/mol. The number of nitrogens with one attached hydrogen (secondary N) is 1. The van der Waals surface area contributed by atoms with Gasteiger partial charge in [0.25, 0.3) is 0 Å². The molecule has 1 saturated carbocycles. The SMILES string of the molecule is CCOC(=O)N1CCC(N2CCC3(CC2)C[C@H]3C(=O)NCCCc2ccncc2)CC1. The van der Waals surface area contributed by atoms with Crippen molar-refractivity contribution in [3.8, 4) is 0 Å². The first kappa shape index (κ1) is 22.1. The Morgan fingerprint density at radius 1 is 1.16 bits per heavy atom. The number of carbonyl (C=O) groups excluding carboxylic acids is 2. The van der Waals surface area contributed by atoms with E-state index in [4.69, 9.17) is 4.74 Å². The molecule has 1 atom stereocenters. The van der Waals surface area contributed by atoms with Gasteiger partial charge in [-0.2, -0.15) is 0 Å². The minimum atomic E-state index is -0.175. The van der Waals surface area contributed by atoms with Gasteiger partial charge in [0.15, 0.2) is 0 Å². The van der Waals surface area contributed by atoms with Gasteiger partial charge in [-0.25, -0.2) is 4.79 Å². The first-order chi connectivity index (χ1) is 15.1. The van der Waals surface area contributed by atoms with Crippen LogP contribution in [0, 0.1) is 11.3 Å². The van der Waals surface area contributed by atoms with Crippen LogP contribution in [0.4, 0.5) is 4.79 Å². The first-order valence-corrected chi connectivity index (χ1v) is 11.9. The Labute approximate surface area is 185 Å². The second-order valence-corrected chi connectivity index (χ2v) is 9.32. The van der Waals surface area contributed by atoms with E-state index in [1.54, 1.807) is 0 Å². The zero-order valence-electron chi connectivity index (χ0n) is 18.7. The number of rotatable bonds is 7. The third kappa shape index (κ3) is 5.37. The largest absolute Gasteiger partial charge is 0.450 e.